The van der Waals surface area contributed by atoms with E-state index in [2.05, 4.69) is 0 Å². The van der Waals surface area contributed by atoms with Crippen LogP contribution in [0.5, 0.6) is 0 Å². The molecule has 0 N–H and O–H groups in total. The van der Waals surface area contributed by atoms with E-state index in [9.17, 15) is 9.59 Å². The average Bonchev–Trinajstić information content (AvgIpc) is 2.88. The standard InChI is InChI=1S/C13H9NO3S/c1-17-13(16)10-11-8(5-7-18-11)9-4-2-3-6-14(9)12(10)15/h2-7H,1H3. The van der Waals surface area contributed by atoms with E-state index in [1.54, 1.807) is 12.3 Å². The second-order valence-electron chi connectivity index (χ2n) is 3.79. The molecule has 3 aromatic heterocycles. The van der Waals surface area contributed by atoms with Gasteiger partial charge in [0.1, 0.15) is 5.56 Å². The van der Waals surface area contributed by atoms with Crippen LogP contribution in [0.25, 0.3) is 15.6 Å². The minimum Gasteiger partial charge on any atom is -0.465 e. The summed E-state index contributed by atoms with van der Waals surface area (Å²) in [7, 11) is 1.28. The Hall–Kier alpha value is -2.14. The maximum absolute atomic E-state index is 12.3. The molecule has 90 valence electrons. The van der Waals surface area contributed by atoms with Crippen LogP contribution in [-0.2, 0) is 4.74 Å². The number of hydrogen-bond donors (Lipinski definition) is 0. The van der Waals surface area contributed by atoms with Gasteiger partial charge >= 0.3 is 5.97 Å². The summed E-state index contributed by atoms with van der Waals surface area (Å²) < 4.78 is 6.85. The topological polar surface area (TPSA) is 47.8 Å². The minimum absolute atomic E-state index is 0.103. The van der Waals surface area contributed by atoms with Gasteiger partial charge in [0, 0.05) is 11.6 Å². The highest BCUT2D eigenvalue weighted by Gasteiger charge is 2.19. The molecule has 0 bridgehead atoms. The quantitative estimate of drug-likeness (QED) is 0.630. The molecule has 5 heteroatoms. The molecule has 0 aromatic carbocycles. The van der Waals surface area contributed by atoms with E-state index in [-0.39, 0.29) is 11.1 Å². The molecule has 0 aliphatic rings. The molecule has 0 atom stereocenters. The zero-order valence-electron chi connectivity index (χ0n) is 9.54. The fourth-order valence-electron chi connectivity index (χ4n) is 2.04. The van der Waals surface area contributed by atoms with Crippen LogP contribution in [0.15, 0.2) is 40.6 Å². The van der Waals surface area contributed by atoms with Crippen LogP contribution in [0, 0.1) is 0 Å². The number of aromatic nitrogens is 1. The van der Waals surface area contributed by atoms with Crippen molar-refractivity contribution in [3.8, 4) is 0 Å². The second-order valence-corrected chi connectivity index (χ2v) is 4.71. The Morgan fingerprint density at radius 2 is 2.17 bits per heavy atom. The van der Waals surface area contributed by atoms with Crippen LogP contribution in [0.1, 0.15) is 10.4 Å². The first-order valence-electron chi connectivity index (χ1n) is 5.33. The number of hydrogen-bond acceptors (Lipinski definition) is 4. The molecule has 3 heterocycles. The van der Waals surface area contributed by atoms with Crippen molar-refractivity contribution >= 4 is 32.9 Å². The van der Waals surface area contributed by atoms with Crippen molar-refractivity contribution in [3.63, 3.8) is 0 Å². The van der Waals surface area contributed by atoms with E-state index in [1.807, 2.05) is 23.6 Å². The van der Waals surface area contributed by atoms with Gasteiger partial charge in [-0.2, -0.15) is 0 Å². The number of esters is 1. The maximum atomic E-state index is 12.3. The van der Waals surface area contributed by atoms with Crippen molar-refractivity contribution in [1.82, 2.24) is 4.40 Å². The van der Waals surface area contributed by atoms with Crippen LogP contribution in [0.3, 0.4) is 0 Å². The average molecular weight is 259 g/mol. The third-order valence-electron chi connectivity index (χ3n) is 2.85. The molecular weight excluding hydrogens is 250 g/mol. The van der Waals surface area contributed by atoms with Crippen LogP contribution < -0.4 is 5.56 Å². The smallest absolute Gasteiger partial charge is 0.345 e. The largest absolute Gasteiger partial charge is 0.465 e. The number of fused-ring (bicyclic) bond motifs is 3. The molecule has 4 nitrogen and oxygen atoms in total. The highest BCUT2D eigenvalue weighted by molar-refractivity contribution is 7.17. The Bertz CT molecular complexity index is 816. The van der Waals surface area contributed by atoms with Crippen molar-refractivity contribution in [2.45, 2.75) is 0 Å². The van der Waals surface area contributed by atoms with Gasteiger partial charge in [-0.25, -0.2) is 4.79 Å². The van der Waals surface area contributed by atoms with E-state index in [1.165, 1.54) is 22.8 Å². The highest BCUT2D eigenvalue weighted by atomic mass is 32.1. The molecule has 0 radical (unpaired) electrons. The molecule has 18 heavy (non-hydrogen) atoms. The van der Waals surface area contributed by atoms with Crippen molar-refractivity contribution in [2.75, 3.05) is 7.11 Å². The van der Waals surface area contributed by atoms with Gasteiger partial charge in [-0.1, -0.05) is 6.07 Å². The number of rotatable bonds is 1. The predicted octanol–water partition coefficient (Wildman–Crippen LogP) is 2.30. The molecular formula is C13H9NO3S. The van der Waals surface area contributed by atoms with Gasteiger partial charge in [-0.3, -0.25) is 9.20 Å². The summed E-state index contributed by atoms with van der Waals surface area (Å²) in [6.07, 6.45) is 1.65. The summed E-state index contributed by atoms with van der Waals surface area (Å²) in [5, 5.41) is 2.75. The molecule has 3 rings (SSSR count). The van der Waals surface area contributed by atoms with Gasteiger partial charge < -0.3 is 4.74 Å². The Kier molecular flexibility index (Phi) is 2.41. The summed E-state index contributed by atoms with van der Waals surface area (Å²) in [5.41, 5.74) is 0.560. The first kappa shape index (κ1) is 11.0. The third kappa shape index (κ3) is 1.37. The number of methoxy groups -OCH3 is 1. The first-order chi connectivity index (χ1) is 8.74. The van der Waals surface area contributed by atoms with E-state index < -0.39 is 5.97 Å². The van der Waals surface area contributed by atoms with Crippen LogP contribution in [0.4, 0.5) is 0 Å². The lowest BCUT2D eigenvalue weighted by molar-refractivity contribution is 0.0601. The third-order valence-corrected chi connectivity index (χ3v) is 3.78. The Balaban J connectivity index is 2.61. The van der Waals surface area contributed by atoms with Crippen LogP contribution in [0.2, 0.25) is 0 Å². The van der Waals surface area contributed by atoms with Gasteiger partial charge in [0.05, 0.1) is 17.3 Å². The van der Waals surface area contributed by atoms with Gasteiger partial charge in [-0.05, 0) is 23.6 Å². The lowest BCUT2D eigenvalue weighted by Crippen LogP contribution is -2.22. The normalized spacial score (nSPS) is 10.9. The summed E-state index contributed by atoms with van der Waals surface area (Å²) in [6, 6.07) is 7.39. The summed E-state index contributed by atoms with van der Waals surface area (Å²) in [6.45, 7) is 0. The number of pyridine rings is 2. The molecule has 0 aliphatic carbocycles. The molecule has 0 amide bonds. The monoisotopic (exact) mass is 259 g/mol. The SMILES string of the molecule is COC(=O)c1c(=O)n2ccccc2c2ccsc12. The summed E-state index contributed by atoms with van der Waals surface area (Å²) >= 11 is 1.37. The molecule has 0 saturated carbocycles. The number of carbonyl (C=O) groups excluding carboxylic acids is 1. The van der Waals surface area contributed by atoms with Crippen LogP contribution in [-0.4, -0.2) is 17.5 Å². The van der Waals surface area contributed by atoms with Gasteiger partial charge in [0.25, 0.3) is 5.56 Å². The van der Waals surface area contributed by atoms with Gasteiger partial charge in [0.15, 0.2) is 0 Å². The highest BCUT2D eigenvalue weighted by Crippen LogP contribution is 2.26. The first-order valence-corrected chi connectivity index (χ1v) is 6.21. The second kappa shape index (κ2) is 3.96. The summed E-state index contributed by atoms with van der Waals surface area (Å²) in [4.78, 5) is 24.1. The fraction of sp³-hybridized carbons (Fsp3) is 0.0769. The van der Waals surface area contributed by atoms with Crippen molar-refractivity contribution in [1.29, 1.82) is 0 Å². The lowest BCUT2D eigenvalue weighted by atomic mass is 10.2. The number of nitrogens with zero attached hydrogens (tertiary/aromatic N) is 1. The Morgan fingerprint density at radius 3 is 2.94 bits per heavy atom. The molecule has 0 aliphatic heterocycles. The molecule has 0 fully saturated rings. The van der Waals surface area contributed by atoms with Crippen molar-refractivity contribution < 1.29 is 9.53 Å². The van der Waals surface area contributed by atoms with Gasteiger partial charge in [-0.15, -0.1) is 11.3 Å². The van der Waals surface area contributed by atoms with Crippen molar-refractivity contribution in [2.24, 2.45) is 0 Å². The maximum Gasteiger partial charge on any atom is 0.345 e. The number of thiophene rings is 1. The van der Waals surface area contributed by atoms with E-state index in [0.29, 0.717) is 4.70 Å². The zero-order valence-corrected chi connectivity index (χ0v) is 10.4. The minimum atomic E-state index is -0.592. The van der Waals surface area contributed by atoms with Gasteiger partial charge in [0.2, 0.25) is 0 Å². The Labute approximate surface area is 106 Å². The zero-order chi connectivity index (χ0) is 12.7. The predicted molar refractivity (Wildman–Crippen MR) is 70.4 cm³/mol. The lowest BCUT2D eigenvalue weighted by Gasteiger charge is -2.05. The molecule has 0 spiro atoms. The molecule has 3 aromatic rings. The van der Waals surface area contributed by atoms with E-state index in [0.717, 1.165) is 10.9 Å². The van der Waals surface area contributed by atoms with Crippen molar-refractivity contribution in [3.05, 3.63) is 51.8 Å². The van der Waals surface area contributed by atoms with Crippen LogP contribution >= 0.6 is 11.3 Å². The number of carbonyl (C=O) groups is 1. The molecule has 0 unspecified atom stereocenters. The van der Waals surface area contributed by atoms with E-state index in [4.69, 9.17) is 4.74 Å². The number of ether oxygens (including phenoxy) is 1. The van der Waals surface area contributed by atoms with E-state index >= 15 is 0 Å². The molecule has 0 saturated heterocycles. The Morgan fingerprint density at radius 1 is 1.33 bits per heavy atom. The summed E-state index contributed by atoms with van der Waals surface area (Å²) in [5.74, 6) is -0.592. The fourth-order valence-corrected chi connectivity index (χ4v) is 2.97.